The average molecular weight is 343 g/mol. The molecular weight excluding hydrogens is 324 g/mol. The number of aryl methyl sites for hydroxylation is 2. The Hall–Kier alpha value is -1.56. The van der Waals surface area contributed by atoms with Gasteiger partial charge in [0, 0.05) is 10.2 Å². The first-order valence-corrected chi connectivity index (χ1v) is 7.21. The van der Waals surface area contributed by atoms with Gasteiger partial charge in [0.15, 0.2) is 0 Å². The normalized spacial score (nSPS) is 11.8. The van der Waals surface area contributed by atoms with Crippen molar-refractivity contribution in [1.29, 1.82) is 0 Å². The second-order valence-corrected chi connectivity index (χ2v) is 5.61. The van der Waals surface area contributed by atoms with Gasteiger partial charge in [-0.15, -0.1) is 0 Å². The lowest BCUT2D eigenvalue weighted by atomic mass is 10.1. The minimum atomic E-state index is -1.02. The number of halogens is 1. The molecule has 6 heteroatoms. The van der Waals surface area contributed by atoms with Gasteiger partial charge in [0.25, 0.3) is 0 Å². The zero-order valence-electron chi connectivity index (χ0n) is 11.8. The maximum absolute atomic E-state index is 11.9. The third-order valence-electron chi connectivity index (χ3n) is 2.92. The Labute approximate surface area is 126 Å². The predicted molar refractivity (Wildman–Crippen MR) is 82.1 cm³/mol. The van der Waals surface area contributed by atoms with Crippen molar-refractivity contribution >= 4 is 33.6 Å². The number of urea groups is 1. The van der Waals surface area contributed by atoms with E-state index in [4.69, 9.17) is 5.11 Å². The van der Waals surface area contributed by atoms with E-state index in [2.05, 4.69) is 26.6 Å². The largest absolute Gasteiger partial charge is 0.480 e. The maximum Gasteiger partial charge on any atom is 0.326 e. The van der Waals surface area contributed by atoms with Crippen LogP contribution in [0.25, 0.3) is 0 Å². The molecule has 0 saturated heterocycles. The Morgan fingerprint density at radius 2 is 1.85 bits per heavy atom. The third kappa shape index (κ3) is 4.52. The molecule has 0 radical (unpaired) electrons. The molecule has 2 amide bonds. The van der Waals surface area contributed by atoms with Crippen molar-refractivity contribution < 1.29 is 14.7 Å². The zero-order chi connectivity index (χ0) is 15.3. The summed E-state index contributed by atoms with van der Waals surface area (Å²) in [6, 6.07) is 2.42. The highest BCUT2D eigenvalue weighted by Gasteiger charge is 2.19. The van der Waals surface area contributed by atoms with Crippen LogP contribution in [0.2, 0.25) is 0 Å². The summed E-state index contributed by atoms with van der Waals surface area (Å²) in [5, 5.41) is 14.2. The van der Waals surface area contributed by atoms with Crippen LogP contribution in [-0.4, -0.2) is 23.1 Å². The maximum atomic E-state index is 11.9. The topological polar surface area (TPSA) is 78.4 Å². The van der Waals surface area contributed by atoms with Crippen LogP contribution in [0.3, 0.4) is 0 Å². The van der Waals surface area contributed by atoms with E-state index in [0.29, 0.717) is 18.5 Å². The molecule has 0 aliphatic heterocycles. The molecule has 1 aromatic carbocycles. The number of hydrogen-bond acceptors (Lipinski definition) is 2. The first kappa shape index (κ1) is 16.5. The number of benzene rings is 1. The molecule has 1 aromatic rings. The van der Waals surface area contributed by atoms with Crippen molar-refractivity contribution in [2.75, 3.05) is 5.32 Å². The number of amides is 2. The van der Waals surface area contributed by atoms with E-state index >= 15 is 0 Å². The molecule has 1 rings (SSSR count). The van der Waals surface area contributed by atoms with E-state index in [0.717, 1.165) is 15.6 Å². The Kier molecular flexibility index (Phi) is 6.01. The van der Waals surface area contributed by atoms with Gasteiger partial charge in [-0.3, -0.25) is 0 Å². The summed E-state index contributed by atoms with van der Waals surface area (Å²) >= 11 is 3.39. The monoisotopic (exact) mass is 342 g/mol. The van der Waals surface area contributed by atoms with Gasteiger partial charge in [0.1, 0.15) is 6.04 Å². The van der Waals surface area contributed by atoms with Gasteiger partial charge in [-0.25, -0.2) is 9.59 Å². The van der Waals surface area contributed by atoms with Gasteiger partial charge in [-0.1, -0.05) is 29.3 Å². The summed E-state index contributed by atoms with van der Waals surface area (Å²) in [7, 11) is 0. The first-order chi connectivity index (χ1) is 9.35. The number of carboxylic acid groups (broad SMARTS) is 1. The van der Waals surface area contributed by atoms with Gasteiger partial charge in [-0.2, -0.15) is 0 Å². The van der Waals surface area contributed by atoms with Gasteiger partial charge < -0.3 is 15.7 Å². The van der Waals surface area contributed by atoms with Crippen molar-refractivity contribution in [2.24, 2.45) is 0 Å². The molecule has 0 aliphatic carbocycles. The van der Waals surface area contributed by atoms with Crippen LogP contribution in [0.1, 0.15) is 30.9 Å². The van der Waals surface area contributed by atoms with E-state index in [1.807, 2.05) is 32.9 Å². The fraction of sp³-hybridized carbons (Fsp3) is 0.429. The summed E-state index contributed by atoms with van der Waals surface area (Å²) in [4.78, 5) is 22.9. The summed E-state index contributed by atoms with van der Waals surface area (Å²) in [5.41, 5.74) is 2.52. The Balaban J connectivity index is 2.78. The van der Waals surface area contributed by atoms with Crippen LogP contribution in [0.4, 0.5) is 10.5 Å². The van der Waals surface area contributed by atoms with Gasteiger partial charge in [0.05, 0.1) is 0 Å². The zero-order valence-corrected chi connectivity index (χ0v) is 13.4. The van der Waals surface area contributed by atoms with Crippen molar-refractivity contribution in [1.82, 2.24) is 5.32 Å². The molecule has 0 heterocycles. The molecule has 0 bridgehead atoms. The van der Waals surface area contributed by atoms with E-state index in [9.17, 15) is 9.59 Å². The molecule has 3 N–H and O–H groups in total. The number of aliphatic carboxylic acids is 1. The summed E-state index contributed by atoms with van der Waals surface area (Å²) in [5.74, 6) is -1.02. The molecule has 0 aliphatic rings. The van der Waals surface area contributed by atoms with E-state index in [-0.39, 0.29) is 0 Å². The number of carboxylic acids is 1. The molecule has 110 valence electrons. The smallest absolute Gasteiger partial charge is 0.326 e. The lowest BCUT2D eigenvalue weighted by Crippen LogP contribution is -2.43. The Morgan fingerprint density at radius 3 is 2.30 bits per heavy atom. The highest BCUT2D eigenvalue weighted by atomic mass is 79.9. The number of nitrogens with one attached hydrogen (secondary N) is 2. The molecule has 0 fully saturated rings. The number of carbonyl (C=O) groups excluding carboxylic acids is 1. The molecular formula is C14H19BrN2O3. The second-order valence-electron chi connectivity index (χ2n) is 4.69. The Morgan fingerprint density at radius 1 is 1.30 bits per heavy atom. The third-order valence-corrected chi connectivity index (χ3v) is 3.37. The van der Waals surface area contributed by atoms with Crippen LogP contribution in [0, 0.1) is 13.8 Å². The molecule has 0 spiro atoms. The Bertz CT molecular complexity index is 494. The van der Waals surface area contributed by atoms with Crippen LogP contribution < -0.4 is 10.6 Å². The van der Waals surface area contributed by atoms with Crippen LogP contribution in [0.5, 0.6) is 0 Å². The molecule has 0 saturated carbocycles. The SMILES string of the molecule is CCCC(NC(=O)Nc1c(C)cc(Br)cc1C)C(=O)O. The first-order valence-electron chi connectivity index (χ1n) is 6.42. The summed E-state index contributed by atoms with van der Waals surface area (Å²) in [6.07, 6.45) is 1.09. The fourth-order valence-corrected chi connectivity index (χ4v) is 2.65. The highest BCUT2D eigenvalue weighted by molar-refractivity contribution is 9.10. The molecule has 1 unspecified atom stereocenters. The summed E-state index contributed by atoms with van der Waals surface area (Å²) in [6.45, 7) is 5.64. The summed E-state index contributed by atoms with van der Waals surface area (Å²) < 4.78 is 0.938. The van der Waals surface area contributed by atoms with E-state index in [1.54, 1.807) is 0 Å². The van der Waals surface area contributed by atoms with Gasteiger partial charge >= 0.3 is 12.0 Å². The van der Waals surface area contributed by atoms with Crippen LogP contribution in [0.15, 0.2) is 16.6 Å². The highest BCUT2D eigenvalue weighted by Crippen LogP contribution is 2.24. The lowest BCUT2D eigenvalue weighted by molar-refractivity contribution is -0.139. The minimum Gasteiger partial charge on any atom is -0.480 e. The number of hydrogen-bond donors (Lipinski definition) is 3. The minimum absolute atomic E-state index is 0.404. The molecule has 5 nitrogen and oxygen atoms in total. The molecule has 1 atom stereocenters. The number of carbonyl (C=O) groups is 2. The van der Waals surface area contributed by atoms with E-state index in [1.165, 1.54) is 0 Å². The fourth-order valence-electron chi connectivity index (χ4n) is 1.96. The lowest BCUT2D eigenvalue weighted by Gasteiger charge is -2.16. The standard InChI is InChI=1S/C14H19BrN2O3/c1-4-5-11(13(18)19)16-14(20)17-12-8(2)6-10(15)7-9(12)3/h6-7,11H,4-5H2,1-3H3,(H,18,19)(H2,16,17,20). The quantitative estimate of drug-likeness (QED) is 0.766. The van der Waals surface area contributed by atoms with Crippen molar-refractivity contribution in [3.63, 3.8) is 0 Å². The van der Waals surface area contributed by atoms with E-state index < -0.39 is 18.0 Å². The van der Waals surface area contributed by atoms with Gasteiger partial charge in [0.2, 0.25) is 0 Å². The second kappa shape index (κ2) is 7.28. The van der Waals surface area contributed by atoms with Crippen LogP contribution >= 0.6 is 15.9 Å². The number of anilines is 1. The van der Waals surface area contributed by atoms with Gasteiger partial charge in [-0.05, 0) is 43.5 Å². The number of rotatable bonds is 5. The van der Waals surface area contributed by atoms with Crippen molar-refractivity contribution in [3.05, 3.63) is 27.7 Å². The van der Waals surface area contributed by atoms with Crippen LogP contribution in [-0.2, 0) is 4.79 Å². The molecule has 0 aromatic heterocycles. The van der Waals surface area contributed by atoms with Crippen molar-refractivity contribution in [3.8, 4) is 0 Å². The predicted octanol–water partition coefficient (Wildman–Crippen LogP) is 3.44. The van der Waals surface area contributed by atoms with Crippen molar-refractivity contribution in [2.45, 2.75) is 39.7 Å². The average Bonchev–Trinajstić information content (AvgIpc) is 2.33. The molecule has 20 heavy (non-hydrogen) atoms.